The second-order valence-corrected chi connectivity index (χ2v) is 7.24. The Balaban J connectivity index is 1.53. The molecule has 140 valence electrons. The van der Waals surface area contributed by atoms with Crippen LogP contribution in [0.4, 0.5) is 0 Å². The SMILES string of the molecule is CC(C)NC(=O)C(=O)N1CCN(C(=O)C2Cc3cc(Cl)ccc3O2)CC1. The summed E-state index contributed by atoms with van der Waals surface area (Å²) < 4.78 is 5.74. The number of carbonyl (C=O) groups is 3. The fourth-order valence-corrected chi connectivity index (χ4v) is 3.35. The van der Waals surface area contributed by atoms with Gasteiger partial charge in [-0.2, -0.15) is 0 Å². The van der Waals surface area contributed by atoms with E-state index < -0.39 is 17.9 Å². The van der Waals surface area contributed by atoms with Gasteiger partial charge in [0.1, 0.15) is 5.75 Å². The molecular weight excluding hydrogens is 358 g/mol. The van der Waals surface area contributed by atoms with Crippen LogP contribution in [0.15, 0.2) is 18.2 Å². The summed E-state index contributed by atoms with van der Waals surface area (Å²) in [7, 11) is 0. The van der Waals surface area contributed by atoms with Crippen LogP contribution in [-0.4, -0.2) is 65.8 Å². The Bertz CT molecular complexity index is 729. The first-order valence-corrected chi connectivity index (χ1v) is 9.06. The highest BCUT2D eigenvalue weighted by Crippen LogP contribution is 2.31. The average molecular weight is 380 g/mol. The highest BCUT2D eigenvalue weighted by molar-refractivity contribution is 6.35. The van der Waals surface area contributed by atoms with E-state index in [1.807, 2.05) is 6.07 Å². The van der Waals surface area contributed by atoms with Crippen molar-refractivity contribution in [2.45, 2.75) is 32.4 Å². The van der Waals surface area contributed by atoms with Crippen molar-refractivity contribution in [2.24, 2.45) is 0 Å². The lowest BCUT2D eigenvalue weighted by Gasteiger charge is -2.35. The van der Waals surface area contributed by atoms with E-state index in [4.69, 9.17) is 16.3 Å². The highest BCUT2D eigenvalue weighted by atomic mass is 35.5. The number of hydrogen-bond acceptors (Lipinski definition) is 4. The van der Waals surface area contributed by atoms with Crippen molar-refractivity contribution in [3.05, 3.63) is 28.8 Å². The predicted octanol–water partition coefficient (Wildman–Crippen LogP) is 0.839. The number of rotatable bonds is 2. The molecule has 0 aromatic heterocycles. The third-order valence-electron chi connectivity index (χ3n) is 4.47. The molecule has 2 heterocycles. The fourth-order valence-electron chi connectivity index (χ4n) is 3.16. The second-order valence-electron chi connectivity index (χ2n) is 6.81. The Labute approximate surface area is 157 Å². The van der Waals surface area contributed by atoms with Crippen LogP contribution in [-0.2, 0) is 20.8 Å². The van der Waals surface area contributed by atoms with E-state index in [2.05, 4.69) is 5.32 Å². The molecule has 26 heavy (non-hydrogen) atoms. The first-order valence-electron chi connectivity index (χ1n) is 8.69. The van der Waals surface area contributed by atoms with E-state index in [0.717, 1.165) is 5.56 Å². The van der Waals surface area contributed by atoms with E-state index in [-0.39, 0.29) is 11.9 Å². The van der Waals surface area contributed by atoms with Crippen LogP contribution < -0.4 is 10.1 Å². The van der Waals surface area contributed by atoms with Crippen molar-refractivity contribution < 1.29 is 19.1 Å². The normalized spacial score (nSPS) is 19.2. The number of amides is 3. The first-order chi connectivity index (χ1) is 12.3. The molecule has 7 nitrogen and oxygen atoms in total. The van der Waals surface area contributed by atoms with E-state index >= 15 is 0 Å². The minimum atomic E-state index is -0.605. The van der Waals surface area contributed by atoms with Crippen LogP contribution in [0.2, 0.25) is 5.02 Å². The van der Waals surface area contributed by atoms with Crippen molar-refractivity contribution in [2.75, 3.05) is 26.2 Å². The molecule has 1 atom stereocenters. The number of ether oxygens (including phenoxy) is 1. The maximum Gasteiger partial charge on any atom is 0.312 e. The number of halogens is 1. The van der Waals surface area contributed by atoms with Gasteiger partial charge in [0.05, 0.1) is 0 Å². The van der Waals surface area contributed by atoms with Gasteiger partial charge in [-0.1, -0.05) is 11.6 Å². The van der Waals surface area contributed by atoms with Crippen LogP contribution in [0.5, 0.6) is 5.75 Å². The third kappa shape index (κ3) is 3.93. The van der Waals surface area contributed by atoms with Gasteiger partial charge in [-0.15, -0.1) is 0 Å². The van der Waals surface area contributed by atoms with Crippen LogP contribution in [0, 0.1) is 0 Å². The number of hydrogen-bond donors (Lipinski definition) is 1. The van der Waals surface area contributed by atoms with E-state index in [9.17, 15) is 14.4 Å². The molecule has 8 heteroatoms. The third-order valence-corrected chi connectivity index (χ3v) is 4.70. The Kier molecular flexibility index (Phi) is 5.36. The quantitative estimate of drug-likeness (QED) is 0.772. The largest absolute Gasteiger partial charge is 0.480 e. The Morgan fingerprint density at radius 1 is 1.15 bits per heavy atom. The monoisotopic (exact) mass is 379 g/mol. The molecule has 1 fully saturated rings. The topological polar surface area (TPSA) is 79.0 Å². The fraction of sp³-hybridized carbons (Fsp3) is 0.500. The summed E-state index contributed by atoms with van der Waals surface area (Å²) in [4.78, 5) is 39.8. The second kappa shape index (κ2) is 7.53. The summed E-state index contributed by atoms with van der Waals surface area (Å²) in [5.74, 6) is -0.570. The van der Waals surface area contributed by atoms with Gasteiger partial charge in [0.15, 0.2) is 6.10 Å². The van der Waals surface area contributed by atoms with Gasteiger partial charge in [-0.3, -0.25) is 14.4 Å². The summed E-state index contributed by atoms with van der Waals surface area (Å²) in [5, 5.41) is 3.21. The van der Waals surface area contributed by atoms with Crippen molar-refractivity contribution >= 4 is 29.3 Å². The standard InChI is InChI=1S/C18H22ClN3O4/c1-11(2)20-16(23)18(25)22-7-5-21(6-8-22)17(24)15-10-12-9-13(19)3-4-14(12)26-15/h3-4,9,11,15H,5-8,10H2,1-2H3,(H,20,23). The van der Waals surface area contributed by atoms with E-state index in [1.165, 1.54) is 4.90 Å². The number of benzene rings is 1. The van der Waals surface area contributed by atoms with Crippen molar-refractivity contribution in [1.82, 2.24) is 15.1 Å². The number of carbonyl (C=O) groups excluding carboxylic acids is 3. The Morgan fingerprint density at radius 2 is 1.81 bits per heavy atom. The molecule has 0 spiro atoms. The molecule has 0 saturated carbocycles. The van der Waals surface area contributed by atoms with Crippen molar-refractivity contribution in [3.63, 3.8) is 0 Å². The molecular formula is C18H22ClN3O4. The van der Waals surface area contributed by atoms with Gasteiger partial charge < -0.3 is 19.9 Å². The highest BCUT2D eigenvalue weighted by Gasteiger charge is 2.35. The maximum atomic E-state index is 12.7. The van der Waals surface area contributed by atoms with Gasteiger partial charge in [0.25, 0.3) is 5.91 Å². The molecule has 2 aliphatic heterocycles. The van der Waals surface area contributed by atoms with Gasteiger partial charge in [0, 0.05) is 43.7 Å². The Morgan fingerprint density at radius 3 is 2.46 bits per heavy atom. The minimum Gasteiger partial charge on any atom is -0.480 e. The van der Waals surface area contributed by atoms with Gasteiger partial charge in [-0.05, 0) is 37.6 Å². The molecule has 0 bridgehead atoms. The lowest BCUT2D eigenvalue weighted by atomic mass is 10.1. The molecule has 1 aromatic rings. The van der Waals surface area contributed by atoms with Crippen LogP contribution in [0.25, 0.3) is 0 Å². The smallest absolute Gasteiger partial charge is 0.312 e. The minimum absolute atomic E-state index is 0.0935. The van der Waals surface area contributed by atoms with E-state index in [1.54, 1.807) is 30.9 Å². The summed E-state index contributed by atoms with van der Waals surface area (Å²) in [5.41, 5.74) is 0.926. The van der Waals surface area contributed by atoms with Crippen LogP contribution in [0.1, 0.15) is 19.4 Å². The molecule has 3 rings (SSSR count). The summed E-state index contributed by atoms with van der Waals surface area (Å²) >= 11 is 5.98. The lowest BCUT2D eigenvalue weighted by Crippen LogP contribution is -2.56. The lowest BCUT2D eigenvalue weighted by molar-refractivity contribution is -0.149. The molecule has 0 aliphatic carbocycles. The van der Waals surface area contributed by atoms with Crippen molar-refractivity contribution in [1.29, 1.82) is 0 Å². The molecule has 1 unspecified atom stereocenters. The zero-order valence-electron chi connectivity index (χ0n) is 14.8. The van der Waals surface area contributed by atoms with Crippen molar-refractivity contribution in [3.8, 4) is 5.75 Å². The van der Waals surface area contributed by atoms with Crippen LogP contribution in [0.3, 0.4) is 0 Å². The molecule has 3 amide bonds. The summed E-state index contributed by atoms with van der Waals surface area (Å²) in [6.07, 6.45) is -0.0695. The number of nitrogens with zero attached hydrogens (tertiary/aromatic N) is 2. The zero-order valence-corrected chi connectivity index (χ0v) is 15.6. The van der Waals surface area contributed by atoms with E-state index in [0.29, 0.717) is 43.4 Å². The van der Waals surface area contributed by atoms with Gasteiger partial charge in [0.2, 0.25) is 0 Å². The number of nitrogens with one attached hydrogen (secondary N) is 1. The number of piperazine rings is 1. The van der Waals surface area contributed by atoms with Crippen LogP contribution >= 0.6 is 11.6 Å². The van der Waals surface area contributed by atoms with Gasteiger partial charge >= 0.3 is 11.8 Å². The molecule has 1 aromatic carbocycles. The summed E-state index contributed by atoms with van der Waals surface area (Å²) in [6, 6.07) is 5.23. The predicted molar refractivity (Wildman–Crippen MR) is 96.0 cm³/mol. The summed E-state index contributed by atoms with van der Waals surface area (Å²) in [6.45, 7) is 5.04. The molecule has 2 aliphatic rings. The molecule has 1 saturated heterocycles. The number of fused-ring (bicyclic) bond motifs is 1. The molecule has 0 radical (unpaired) electrons. The molecule has 1 N–H and O–H groups in total. The zero-order chi connectivity index (χ0) is 18.8. The first kappa shape index (κ1) is 18.5. The van der Waals surface area contributed by atoms with Gasteiger partial charge in [-0.25, -0.2) is 0 Å². The maximum absolute atomic E-state index is 12.7. The Hall–Kier alpha value is -2.28. The average Bonchev–Trinajstić information content (AvgIpc) is 3.03.